The maximum atomic E-state index is 12.6. The van der Waals surface area contributed by atoms with E-state index in [9.17, 15) is 19.6 Å². The molecule has 0 saturated carbocycles. The first-order valence-corrected chi connectivity index (χ1v) is 8.84. The second-order valence-corrected chi connectivity index (χ2v) is 6.68. The molecular formula is C20H17N3O4. The standard InChI is InChI=1S/C20H17N3O4/c1-2-22-10-15(9-21)19(25)23(20(22)26)11-14-8-18(24)27-17-7-13-5-3-4-12(13)6-16(14)17/h6-8,10H,2-5,11H2,1H3. The van der Waals surface area contributed by atoms with E-state index in [1.54, 1.807) is 6.92 Å². The number of rotatable bonds is 3. The minimum Gasteiger partial charge on any atom is -0.423 e. The predicted molar refractivity (Wildman–Crippen MR) is 99.0 cm³/mol. The highest BCUT2D eigenvalue weighted by Gasteiger charge is 2.17. The van der Waals surface area contributed by atoms with E-state index >= 15 is 0 Å². The summed E-state index contributed by atoms with van der Waals surface area (Å²) in [6, 6.07) is 7.00. The Bertz CT molecular complexity index is 1290. The third-order valence-electron chi connectivity index (χ3n) is 5.07. The molecule has 136 valence electrons. The highest BCUT2D eigenvalue weighted by atomic mass is 16.4. The van der Waals surface area contributed by atoms with Crippen molar-refractivity contribution in [3.05, 3.63) is 77.9 Å². The molecule has 1 aromatic carbocycles. The van der Waals surface area contributed by atoms with Crippen LogP contribution in [0.15, 0.2) is 43.2 Å². The number of benzene rings is 1. The van der Waals surface area contributed by atoms with E-state index < -0.39 is 16.9 Å². The van der Waals surface area contributed by atoms with Crippen molar-refractivity contribution < 1.29 is 4.42 Å². The average molecular weight is 363 g/mol. The molecule has 2 aromatic heterocycles. The molecule has 0 amide bonds. The average Bonchev–Trinajstić information content (AvgIpc) is 3.11. The summed E-state index contributed by atoms with van der Waals surface area (Å²) in [5.41, 5.74) is 1.55. The zero-order valence-electron chi connectivity index (χ0n) is 14.8. The molecular weight excluding hydrogens is 346 g/mol. The normalized spacial score (nSPS) is 12.9. The largest absolute Gasteiger partial charge is 0.423 e. The second kappa shape index (κ2) is 6.40. The van der Waals surface area contributed by atoms with Gasteiger partial charge in [0.15, 0.2) is 0 Å². The lowest BCUT2D eigenvalue weighted by Gasteiger charge is -2.11. The van der Waals surface area contributed by atoms with Gasteiger partial charge in [-0.1, -0.05) is 0 Å². The van der Waals surface area contributed by atoms with Gasteiger partial charge in [-0.25, -0.2) is 9.59 Å². The zero-order valence-corrected chi connectivity index (χ0v) is 14.8. The van der Waals surface area contributed by atoms with Crippen molar-refractivity contribution in [2.45, 2.75) is 39.3 Å². The van der Waals surface area contributed by atoms with Crippen LogP contribution in [-0.4, -0.2) is 9.13 Å². The zero-order chi connectivity index (χ0) is 19.1. The minimum absolute atomic E-state index is 0.0892. The van der Waals surface area contributed by atoms with Crippen molar-refractivity contribution in [1.82, 2.24) is 9.13 Å². The number of nitriles is 1. The predicted octanol–water partition coefficient (Wildman–Crippen LogP) is 1.54. The molecule has 1 aliphatic carbocycles. The van der Waals surface area contributed by atoms with Crippen LogP contribution in [0.3, 0.4) is 0 Å². The van der Waals surface area contributed by atoms with Crippen molar-refractivity contribution in [2.24, 2.45) is 0 Å². The quantitative estimate of drug-likeness (QED) is 0.658. The van der Waals surface area contributed by atoms with Crippen LogP contribution < -0.4 is 16.9 Å². The lowest BCUT2D eigenvalue weighted by molar-refractivity contribution is 0.553. The summed E-state index contributed by atoms with van der Waals surface area (Å²) in [4.78, 5) is 37.2. The summed E-state index contributed by atoms with van der Waals surface area (Å²) < 4.78 is 7.65. The van der Waals surface area contributed by atoms with E-state index in [1.807, 2.05) is 18.2 Å². The Hall–Kier alpha value is -3.40. The molecule has 0 aliphatic heterocycles. The molecule has 0 radical (unpaired) electrons. The van der Waals surface area contributed by atoms with Crippen LogP contribution in [0.5, 0.6) is 0 Å². The number of aryl methyl sites for hydroxylation is 3. The SMILES string of the molecule is CCn1cc(C#N)c(=O)n(Cc2cc(=O)oc3cc4c(cc23)CCC4)c1=O. The Morgan fingerprint density at radius 3 is 2.59 bits per heavy atom. The van der Waals surface area contributed by atoms with Gasteiger partial charge >= 0.3 is 11.3 Å². The molecule has 27 heavy (non-hydrogen) atoms. The maximum absolute atomic E-state index is 12.6. The Morgan fingerprint density at radius 2 is 1.89 bits per heavy atom. The van der Waals surface area contributed by atoms with Gasteiger partial charge in [-0.3, -0.25) is 13.9 Å². The Morgan fingerprint density at radius 1 is 1.15 bits per heavy atom. The van der Waals surface area contributed by atoms with Gasteiger partial charge in [0.2, 0.25) is 0 Å². The van der Waals surface area contributed by atoms with Gasteiger partial charge < -0.3 is 4.42 Å². The molecule has 7 nitrogen and oxygen atoms in total. The summed E-state index contributed by atoms with van der Waals surface area (Å²) in [6.07, 6.45) is 4.22. The maximum Gasteiger partial charge on any atom is 0.336 e. The van der Waals surface area contributed by atoms with Gasteiger partial charge in [-0.15, -0.1) is 0 Å². The van der Waals surface area contributed by atoms with E-state index in [-0.39, 0.29) is 12.1 Å². The second-order valence-electron chi connectivity index (χ2n) is 6.68. The molecule has 7 heteroatoms. The van der Waals surface area contributed by atoms with Crippen LogP contribution in [-0.2, 0) is 25.9 Å². The Kier molecular flexibility index (Phi) is 4.04. The van der Waals surface area contributed by atoms with Crippen molar-refractivity contribution in [2.75, 3.05) is 0 Å². The minimum atomic E-state index is -0.658. The molecule has 4 rings (SSSR count). The summed E-state index contributed by atoms with van der Waals surface area (Å²) >= 11 is 0. The number of aromatic nitrogens is 2. The van der Waals surface area contributed by atoms with E-state index in [0.29, 0.717) is 23.1 Å². The van der Waals surface area contributed by atoms with Crippen LogP contribution in [0.1, 0.15) is 35.6 Å². The topological polar surface area (TPSA) is 98.0 Å². The van der Waals surface area contributed by atoms with Gasteiger partial charge in [0.1, 0.15) is 17.2 Å². The van der Waals surface area contributed by atoms with Gasteiger partial charge in [0, 0.05) is 24.2 Å². The number of hydrogen-bond acceptors (Lipinski definition) is 5. The van der Waals surface area contributed by atoms with E-state index in [4.69, 9.17) is 4.42 Å². The first-order valence-electron chi connectivity index (χ1n) is 8.84. The van der Waals surface area contributed by atoms with Crippen LogP contribution in [0, 0.1) is 11.3 Å². The molecule has 0 atom stereocenters. The Balaban J connectivity index is 1.95. The molecule has 0 unspecified atom stereocenters. The van der Waals surface area contributed by atoms with E-state index in [0.717, 1.165) is 23.8 Å². The molecule has 0 N–H and O–H groups in total. The molecule has 0 bridgehead atoms. The lowest BCUT2D eigenvalue weighted by Crippen LogP contribution is -2.41. The fraction of sp³-hybridized carbons (Fsp3) is 0.300. The first-order chi connectivity index (χ1) is 13.0. The molecule has 3 aromatic rings. The molecule has 0 spiro atoms. The summed E-state index contributed by atoms with van der Waals surface area (Å²) in [5, 5.41) is 9.91. The van der Waals surface area contributed by atoms with Crippen LogP contribution >= 0.6 is 0 Å². The molecule has 2 heterocycles. The highest BCUT2D eigenvalue weighted by Crippen LogP contribution is 2.28. The van der Waals surface area contributed by atoms with Crippen LogP contribution in [0.2, 0.25) is 0 Å². The van der Waals surface area contributed by atoms with Crippen molar-refractivity contribution in [3.63, 3.8) is 0 Å². The first kappa shape index (κ1) is 17.0. The lowest BCUT2D eigenvalue weighted by atomic mass is 10.0. The third-order valence-corrected chi connectivity index (χ3v) is 5.07. The van der Waals surface area contributed by atoms with Crippen molar-refractivity contribution in [3.8, 4) is 6.07 Å². The summed E-state index contributed by atoms with van der Waals surface area (Å²) in [5.74, 6) is 0. The van der Waals surface area contributed by atoms with Gasteiger partial charge in [-0.05, 0) is 55.0 Å². The molecule has 0 fully saturated rings. The van der Waals surface area contributed by atoms with Crippen LogP contribution in [0.4, 0.5) is 0 Å². The number of nitrogens with zero attached hydrogens (tertiary/aromatic N) is 3. The summed E-state index contributed by atoms with van der Waals surface area (Å²) in [6.45, 7) is 2.00. The number of fused-ring (bicyclic) bond motifs is 2. The smallest absolute Gasteiger partial charge is 0.336 e. The monoisotopic (exact) mass is 363 g/mol. The van der Waals surface area contributed by atoms with Crippen molar-refractivity contribution >= 4 is 11.0 Å². The third kappa shape index (κ3) is 2.79. The van der Waals surface area contributed by atoms with E-state index in [2.05, 4.69) is 0 Å². The number of hydrogen-bond donors (Lipinski definition) is 0. The fourth-order valence-corrected chi connectivity index (χ4v) is 3.69. The molecule has 1 aliphatic rings. The van der Waals surface area contributed by atoms with Crippen LogP contribution in [0.25, 0.3) is 11.0 Å². The van der Waals surface area contributed by atoms with Crippen molar-refractivity contribution in [1.29, 1.82) is 5.26 Å². The van der Waals surface area contributed by atoms with Gasteiger partial charge in [0.25, 0.3) is 5.56 Å². The summed E-state index contributed by atoms with van der Waals surface area (Å²) in [7, 11) is 0. The highest BCUT2D eigenvalue weighted by molar-refractivity contribution is 5.82. The Labute approximate surface area is 153 Å². The molecule has 0 saturated heterocycles. The van der Waals surface area contributed by atoms with Gasteiger partial charge in [-0.2, -0.15) is 5.26 Å². The fourth-order valence-electron chi connectivity index (χ4n) is 3.69. The van der Waals surface area contributed by atoms with E-state index in [1.165, 1.54) is 28.0 Å². The van der Waals surface area contributed by atoms with Gasteiger partial charge in [0.05, 0.1) is 6.54 Å².